The molecule has 198 valence electrons. The molecule has 2 amide bonds. The van der Waals surface area contributed by atoms with Crippen LogP contribution in [0.3, 0.4) is 0 Å². The molecule has 0 unspecified atom stereocenters. The van der Waals surface area contributed by atoms with Crippen LogP contribution in [0.5, 0.6) is 0 Å². The van der Waals surface area contributed by atoms with Crippen LogP contribution in [-0.2, 0) is 16.0 Å². The molecule has 0 aliphatic heterocycles. The van der Waals surface area contributed by atoms with Crippen LogP contribution in [0.25, 0.3) is 0 Å². The lowest BCUT2D eigenvalue weighted by atomic mass is 9.90. The van der Waals surface area contributed by atoms with Gasteiger partial charge in [-0.25, -0.2) is 0 Å². The van der Waals surface area contributed by atoms with E-state index in [0.29, 0.717) is 11.3 Å². The van der Waals surface area contributed by atoms with Gasteiger partial charge in [-0.05, 0) is 76.4 Å². The highest BCUT2D eigenvalue weighted by Gasteiger charge is 2.29. The summed E-state index contributed by atoms with van der Waals surface area (Å²) < 4.78 is 1.06. The molecule has 8 heteroatoms. The molecule has 0 aromatic heterocycles. The Morgan fingerprint density at radius 3 is 1.82 bits per heavy atom. The summed E-state index contributed by atoms with van der Waals surface area (Å²) in [6.45, 7) is 3.85. The average molecular weight is 633 g/mol. The molecule has 0 aliphatic carbocycles. The number of hydrogen-bond acceptors (Lipinski definition) is 4. The number of non-ortho nitro benzene ring substituents is 1. The predicted molar refractivity (Wildman–Crippen MR) is 161 cm³/mol. The number of nitrogens with zero attached hydrogens (tertiary/aromatic N) is 1. The molecule has 7 nitrogen and oxygen atoms in total. The highest BCUT2D eigenvalue weighted by molar-refractivity contribution is 14.1. The SMILES string of the molecule is Cc1cc(I)cc(C)c1NC(=O)[C@H](Cc1ccc([N+](=O)[O-])cc1)NC(=O)C(c1ccccc1)c1ccccc1. The van der Waals surface area contributed by atoms with Crippen LogP contribution < -0.4 is 10.6 Å². The molecule has 1 atom stereocenters. The second-order valence-corrected chi connectivity index (χ2v) is 10.6. The predicted octanol–water partition coefficient (Wildman–Crippen LogP) is 6.31. The third kappa shape index (κ3) is 7.08. The van der Waals surface area contributed by atoms with Crippen molar-refractivity contribution in [2.45, 2.75) is 32.2 Å². The monoisotopic (exact) mass is 633 g/mol. The van der Waals surface area contributed by atoms with Crippen molar-refractivity contribution in [3.05, 3.63) is 139 Å². The van der Waals surface area contributed by atoms with Gasteiger partial charge in [0.1, 0.15) is 6.04 Å². The van der Waals surface area contributed by atoms with Crippen molar-refractivity contribution in [1.29, 1.82) is 0 Å². The first-order chi connectivity index (χ1) is 18.7. The smallest absolute Gasteiger partial charge is 0.269 e. The van der Waals surface area contributed by atoms with Crippen molar-refractivity contribution in [3.8, 4) is 0 Å². The number of nitro benzene ring substituents is 1. The number of hydrogen-bond donors (Lipinski definition) is 2. The molecule has 0 bridgehead atoms. The minimum atomic E-state index is -0.924. The van der Waals surface area contributed by atoms with E-state index in [9.17, 15) is 19.7 Å². The van der Waals surface area contributed by atoms with Crippen LogP contribution in [0.1, 0.15) is 33.7 Å². The molecular weight excluding hydrogens is 605 g/mol. The maximum atomic E-state index is 13.8. The lowest BCUT2D eigenvalue weighted by Crippen LogP contribution is -2.47. The van der Waals surface area contributed by atoms with Crippen molar-refractivity contribution < 1.29 is 14.5 Å². The fourth-order valence-corrected chi connectivity index (χ4v) is 5.49. The molecule has 0 aliphatic rings. The molecule has 4 aromatic rings. The number of amides is 2. The Bertz CT molecular complexity index is 1410. The summed E-state index contributed by atoms with van der Waals surface area (Å²) in [7, 11) is 0. The highest BCUT2D eigenvalue weighted by atomic mass is 127. The Hall–Kier alpha value is -4.05. The van der Waals surface area contributed by atoms with E-state index in [-0.39, 0.29) is 23.9 Å². The summed E-state index contributed by atoms with van der Waals surface area (Å²) in [5.74, 6) is -1.30. The van der Waals surface area contributed by atoms with E-state index in [1.165, 1.54) is 12.1 Å². The molecule has 0 fully saturated rings. The lowest BCUT2D eigenvalue weighted by molar-refractivity contribution is -0.384. The zero-order valence-corrected chi connectivity index (χ0v) is 23.7. The number of carbonyl (C=O) groups is 2. The van der Waals surface area contributed by atoms with E-state index in [1.54, 1.807) is 12.1 Å². The topological polar surface area (TPSA) is 101 Å². The normalized spacial score (nSPS) is 11.6. The standard InChI is InChI=1S/C31H28IN3O4/c1-20-17-25(32)18-21(2)29(20)34-30(36)27(19-22-13-15-26(16-14-22)35(38)39)33-31(37)28(23-9-5-3-6-10-23)24-11-7-4-8-12-24/h3-18,27-28H,19H2,1-2H3,(H,33,37)(H,34,36)/t27-/m0/s1. The quantitative estimate of drug-likeness (QED) is 0.128. The zero-order chi connectivity index (χ0) is 27.9. The van der Waals surface area contributed by atoms with Crippen LogP contribution in [0, 0.1) is 27.5 Å². The zero-order valence-electron chi connectivity index (χ0n) is 21.6. The number of anilines is 1. The Kier molecular flexibility index (Phi) is 9.08. The van der Waals surface area contributed by atoms with E-state index in [2.05, 4.69) is 33.2 Å². The van der Waals surface area contributed by atoms with E-state index >= 15 is 0 Å². The van der Waals surface area contributed by atoms with E-state index in [1.807, 2.05) is 86.6 Å². The number of rotatable bonds is 9. The summed E-state index contributed by atoms with van der Waals surface area (Å²) >= 11 is 2.23. The summed E-state index contributed by atoms with van der Waals surface area (Å²) in [4.78, 5) is 38.2. The highest BCUT2D eigenvalue weighted by Crippen LogP contribution is 2.26. The number of benzene rings is 4. The maximum Gasteiger partial charge on any atom is 0.269 e. The van der Waals surface area contributed by atoms with Crippen molar-refractivity contribution in [3.63, 3.8) is 0 Å². The number of aryl methyl sites for hydroxylation is 2. The number of nitrogens with one attached hydrogen (secondary N) is 2. The maximum absolute atomic E-state index is 13.8. The Balaban J connectivity index is 1.66. The second kappa shape index (κ2) is 12.7. The van der Waals surface area contributed by atoms with Gasteiger partial charge in [0.15, 0.2) is 0 Å². The van der Waals surface area contributed by atoms with Gasteiger partial charge in [-0.15, -0.1) is 0 Å². The Morgan fingerprint density at radius 1 is 0.821 bits per heavy atom. The lowest BCUT2D eigenvalue weighted by Gasteiger charge is -2.24. The van der Waals surface area contributed by atoms with Gasteiger partial charge in [0, 0.05) is 27.8 Å². The summed E-state index contributed by atoms with van der Waals surface area (Å²) in [6, 6.07) is 27.9. The van der Waals surface area contributed by atoms with Crippen molar-refractivity contribution in [1.82, 2.24) is 5.32 Å². The Morgan fingerprint density at radius 2 is 1.33 bits per heavy atom. The van der Waals surface area contributed by atoms with E-state index in [4.69, 9.17) is 0 Å². The fourth-order valence-electron chi connectivity index (χ4n) is 4.56. The van der Waals surface area contributed by atoms with Gasteiger partial charge in [0.05, 0.1) is 10.8 Å². The van der Waals surface area contributed by atoms with Gasteiger partial charge in [-0.1, -0.05) is 72.8 Å². The van der Waals surface area contributed by atoms with Gasteiger partial charge < -0.3 is 10.6 Å². The molecule has 4 aromatic carbocycles. The second-order valence-electron chi connectivity index (χ2n) is 9.35. The van der Waals surface area contributed by atoms with Crippen LogP contribution in [0.15, 0.2) is 97.1 Å². The van der Waals surface area contributed by atoms with E-state index < -0.39 is 16.9 Å². The summed E-state index contributed by atoms with van der Waals surface area (Å²) in [5, 5.41) is 17.1. The molecule has 0 radical (unpaired) electrons. The van der Waals surface area contributed by atoms with Crippen molar-refractivity contribution >= 4 is 45.8 Å². The fraction of sp³-hybridized carbons (Fsp3) is 0.161. The van der Waals surface area contributed by atoms with Gasteiger partial charge in [-0.2, -0.15) is 0 Å². The van der Waals surface area contributed by atoms with Crippen LogP contribution >= 0.6 is 22.6 Å². The number of nitro groups is 1. The van der Waals surface area contributed by atoms with Crippen LogP contribution in [-0.4, -0.2) is 22.8 Å². The van der Waals surface area contributed by atoms with Gasteiger partial charge in [-0.3, -0.25) is 19.7 Å². The van der Waals surface area contributed by atoms with Gasteiger partial charge in [0.25, 0.3) is 5.69 Å². The summed E-state index contributed by atoms with van der Waals surface area (Å²) in [6.07, 6.45) is 0.161. The molecule has 0 saturated heterocycles. The van der Waals surface area contributed by atoms with Crippen LogP contribution in [0.2, 0.25) is 0 Å². The minimum absolute atomic E-state index is 0.0397. The first kappa shape index (κ1) is 28.0. The first-order valence-electron chi connectivity index (χ1n) is 12.4. The third-order valence-electron chi connectivity index (χ3n) is 6.49. The third-order valence-corrected chi connectivity index (χ3v) is 7.12. The molecular formula is C31H28IN3O4. The first-order valence-corrected chi connectivity index (χ1v) is 13.5. The number of carbonyl (C=O) groups excluding carboxylic acids is 2. The molecule has 0 spiro atoms. The molecule has 0 saturated carbocycles. The van der Waals surface area contributed by atoms with Gasteiger partial charge >= 0.3 is 0 Å². The molecule has 2 N–H and O–H groups in total. The van der Waals surface area contributed by atoms with Crippen molar-refractivity contribution in [2.75, 3.05) is 5.32 Å². The number of halogens is 1. The minimum Gasteiger partial charge on any atom is -0.343 e. The molecule has 4 rings (SSSR count). The molecule has 39 heavy (non-hydrogen) atoms. The largest absolute Gasteiger partial charge is 0.343 e. The van der Waals surface area contributed by atoms with Gasteiger partial charge in [0.2, 0.25) is 11.8 Å². The average Bonchev–Trinajstić information content (AvgIpc) is 2.92. The molecule has 0 heterocycles. The summed E-state index contributed by atoms with van der Waals surface area (Å²) in [5.41, 5.74) is 4.79. The van der Waals surface area contributed by atoms with Crippen molar-refractivity contribution in [2.24, 2.45) is 0 Å². The Labute approximate surface area is 240 Å². The van der Waals surface area contributed by atoms with Crippen LogP contribution in [0.4, 0.5) is 11.4 Å². The van der Waals surface area contributed by atoms with E-state index in [0.717, 1.165) is 25.8 Å².